The zero-order valence-corrected chi connectivity index (χ0v) is 8.37. The first-order chi connectivity index (χ1) is 7.56. The van der Waals surface area contributed by atoms with Crippen LogP contribution in [0.3, 0.4) is 0 Å². The molecule has 0 saturated heterocycles. The maximum absolute atomic E-state index is 13.0. The van der Waals surface area contributed by atoms with Crippen molar-refractivity contribution in [1.82, 2.24) is 0 Å². The molecule has 4 nitrogen and oxygen atoms in total. The molecule has 1 aromatic rings. The van der Waals surface area contributed by atoms with Gasteiger partial charge in [0.1, 0.15) is 5.82 Å². The van der Waals surface area contributed by atoms with E-state index in [0.717, 1.165) is 0 Å². The second-order valence-electron chi connectivity index (χ2n) is 3.78. The summed E-state index contributed by atoms with van der Waals surface area (Å²) in [6.07, 6.45) is -0.0768. The number of nitrogens with one attached hydrogen (secondary N) is 1. The first-order valence-electron chi connectivity index (χ1n) is 4.87. The summed E-state index contributed by atoms with van der Waals surface area (Å²) >= 11 is 0. The number of halogens is 1. The largest absolute Gasteiger partial charge is 0.481 e. The number of hydrogen-bond donors (Lipinski definition) is 2. The number of rotatable bonds is 2. The summed E-state index contributed by atoms with van der Waals surface area (Å²) in [5, 5.41) is 11.3. The van der Waals surface area contributed by atoms with Gasteiger partial charge in [0, 0.05) is 18.0 Å². The number of carbonyl (C=O) groups is 2. The summed E-state index contributed by atoms with van der Waals surface area (Å²) < 4.78 is 13.0. The Labute approximate surface area is 91.1 Å². The van der Waals surface area contributed by atoms with Crippen LogP contribution in [0.2, 0.25) is 0 Å². The maximum Gasteiger partial charge on any atom is 0.303 e. The lowest BCUT2D eigenvalue weighted by Crippen LogP contribution is -2.24. The van der Waals surface area contributed by atoms with E-state index in [1.165, 1.54) is 18.2 Å². The van der Waals surface area contributed by atoms with Crippen LogP contribution in [0.4, 0.5) is 10.1 Å². The van der Waals surface area contributed by atoms with Gasteiger partial charge in [-0.15, -0.1) is 0 Å². The third-order valence-electron chi connectivity index (χ3n) is 2.58. The minimum atomic E-state index is -0.991. The van der Waals surface area contributed by atoms with Crippen molar-refractivity contribution in [3.05, 3.63) is 29.6 Å². The van der Waals surface area contributed by atoms with Gasteiger partial charge in [-0.05, 0) is 23.8 Å². The fourth-order valence-corrected chi connectivity index (χ4v) is 1.91. The molecule has 0 bridgehead atoms. The first-order valence-corrected chi connectivity index (χ1v) is 4.87. The molecule has 1 aliphatic rings. The Bertz CT molecular complexity index is 459. The number of carboxylic acid groups (broad SMARTS) is 1. The number of carbonyl (C=O) groups excluding carboxylic acids is 1. The summed E-state index contributed by atoms with van der Waals surface area (Å²) in [7, 11) is 0. The van der Waals surface area contributed by atoms with Crippen LogP contribution in [0.25, 0.3) is 0 Å². The molecule has 1 aliphatic heterocycles. The lowest BCUT2D eigenvalue weighted by molar-refractivity contribution is -0.137. The van der Waals surface area contributed by atoms with E-state index < -0.39 is 17.7 Å². The van der Waals surface area contributed by atoms with E-state index in [1.54, 1.807) is 0 Å². The van der Waals surface area contributed by atoms with E-state index in [2.05, 4.69) is 5.32 Å². The van der Waals surface area contributed by atoms with Crippen LogP contribution in [0, 0.1) is 5.82 Å². The topological polar surface area (TPSA) is 66.4 Å². The lowest BCUT2D eigenvalue weighted by Gasteiger charge is -2.24. The van der Waals surface area contributed by atoms with E-state index in [-0.39, 0.29) is 18.7 Å². The summed E-state index contributed by atoms with van der Waals surface area (Å²) in [5.74, 6) is -2.09. The van der Waals surface area contributed by atoms with Crippen LogP contribution in [0.1, 0.15) is 24.3 Å². The summed E-state index contributed by atoms with van der Waals surface area (Å²) in [4.78, 5) is 21.9. The highest BCUT2D eigenvalue weighted by molar-refractivity contribution is 5.95. The van der Waals surface area contributed by atoms with Gasteiger partial charge in [0.25, 0.3) is 0 Å². The van der Waals surface area contributed by atoms with E-state index in [9.17, 15) is 14.0 Å². The molecule has 84 valence electrons. The van der Waals surface area contributed by atoms with Gasteiger partial charge in [-0.1, -0.05) is 0 Å². The van der Waals surface area contributed by atoms with Gasteiger partial charge < -0.3 is 10.4 Å². The smallest absolute Gasteiger partial charge is 0.303 e. The molecule has 1 heterocycles. The number of aliphatic carboxylic acids is 1. The summed E-state index contributed by atoms with van der Waals surface area (Å²) in [6, 6.07) is 3.97. The van der Waals surface area contributed by atoms with E-state index in [0.29, 0.717) is 11.3 Å². The fraction of sp³-hybridized carbons (Fsp3) is 0.273. The van der Waals surface area contributed by atoms with Gasteiger partial charge in [0.05, 0.1) is 6.42 Å². The van der Waals surface area contributed by atoms with Crippen molar-refractivity contribution >= 4 is 17.6 Å². The molecule has 0 saturated carbocycles. The zero-order chi connectivity index (χ0) is 11.7. The molecule has 1 atom stereocenters. The summed E-state index contributed by atoms with van der Waals surface area (Å²) in [6.45, 7) is 0. The predicted octanol–water partition coefficient (Wildman–Crippen LogP) is 1.73. The third-order valence-corrected chi connectivity index (χ3v) is 2.58. The van der Waals surface area contributed by atoms with Crippen LogP contribution in [-0.2, 0) is 9.59 Å². The normalized spacial score (nSPS) is 18.8. The Kier molecular flexibility index (Phi) is 2.60. The number of hydrogen-bond acceptors (Lipinski definition) is 2. The molecule has 1 amide bonds. The molecule has 0 aliphatic carbocycles. The van der Waals surface area contributed by atoms with Crippen molar-refractivity contribution in [1.29, 1.82) is 0 Å². The molecule has 0 spiro atoms. The van der Waals surface area contributed by atoms with Crippen molar-refractivity contribution in [3.8, 4) is 0 Å². The molecule has 2 rings (SSSR count). The number of benzene rings is 1. The average molecular weight is 223 g/mol. The second-order valence-corrected chi connectivity index (χ2v) is 3.78. The van der Waals surface area contributed by atoms with Crippen molar-refractivity contribution in [3.63, 3.8) is 0 Å². The van der Waals surface area contributed by atoms with Crippen LogP contribution < -0.4 is 5.32 Å². The monoisotopic (exact) mass is 223 g/mol. The number of fused-ring (bicyclic) bond motifs is 1. The second kappa shape index (κ2) is 3.92. The van der Waals surface area contributed by atoms with Crippen LogP contribution in [0.15, 0.2) is 18.2 Å². The maximum atomic E-state index is 13.0. The Hall–Kier alpha value is -1.91. The Morgan fingerprint density at radius 2 is 2.31 bits per heavy atom. The van der Waals surface area contributed by atoms with Gasteiger partial charge in [-0.25, -0.2) is 4.39 Å². The van der Waals surface area contributed by atoms with Crippen molar-refractivity contribution in [2.24, 2.45) is 0 Å². The van der Waals surface area contributed by atoms with E-state index in [4.69, 9.17) is 5.11 Å². The first kappa shape index (κ1) is 10.6. The minimum Gasteiger partial charge on any atom is -0.481 e. The van der Waals surface area contributed by atoms with E-state index >= 15 is 0 Å². The van der Waals surface area contributed by atoms with Crippen molar-refractivity contribution < 1.29 is 19.1 Å². The Morgan fingerprint density at radius 1 is 1.56 bits per heavy atom. The minimum absolute atomic E-state index is 0.0861. The molecule has 5 heteroatoms. The van der Waals surface area contributed by atoms with Gasteiger partial charge in [0.15, 0.2) is 0 Å². The van der Waals surface area contributed by atoms with E-state index in [1.807, 2.05) is 0 Å². The molecular weight excluding hydrogens is 213 g/mol. The lowest BCUT2D eigenvalue weighted by atomic mass is 9.88. The van der Waals surface area contributed by atoms with Gasteiger partial charge in [0.2, 0.25) is 5.91 Å². The van der Waals surface area contributed by atoms with Gasteiger partial charge in [-0.3, -0.25) is 9.59 Å². The standard InChI is InChI=1S/C11H10FNO3/c12-7-1-2-9-8(5-7)6(4-11(15)16)3-10(14)13-9/h1-2,5-6H,3-4H2,(H,13,14)(H,15,16). The average Bonchev–Trinajstić information content (AvgIpc) is 2.18. The van der Waals surface area contributed by atoms with Gasteiger partial charge in [-0.2, -0.15) is 0 Å². The molecule has 1 unspecified atom stereocenters. The van der Waals surface area contributed by atoms with Crippen molar-refractivity contribution in [2.45, 2.75) is 18.8 Å². The third kappa shape index (κ3) is 2.03. The number of carboxylic acids is 1. The molecule has 0 radical (unpaired) electrons. The molecule has 0 aromatic heterocycles. The van der Waals surface area contributed by atoms with Crippen LogP contribution in [0.5, 0.6) is 0 Å². The highest BCUT2D eigenvalue weighted by Crippen LogP contribution is 2.34. The van der Waals surface area contributed by atoms with Crippen LogP contribution >= 0.6 is 0 Å². The van der Waals surface area contributed by atoms with Gasteiger partial charge >= 0.3 is 5.97 Å². The highest BCUT2D eigenvalue weighted by Gasteiger charge is 2.27. The molecule has 2 N–H and O–H groups in total. The molecule has 16 heavy (non-hydrogen) atoms. The van der Waals surface area contributed by atoms with Crippen LogP contribution in [-0.4, -0.2) is 17.0 Å². The Morgan fingerprint density at radius 3 is 3.00 bits per heavy atom. The summed E-state index contributed by atoms with van der Waals surface area (Å²) in [5.41, 5.74) is 1.06. The fourth-order valence-electron chi connectivity index (χ4n) is 1.91. The SMILES string of the molecule is O=C(O)CC1CC(=O)Nc2ccc(F)cc21. The molecule has 1 aromatic carbocycles. The van der Waals surface area contributed by atoms with Crippen molar-refractivity contribution in [2.75, 3.05) is 5.32 Å². The Balaban J connectivity index is 2.39. The number of amides is 1. The molecule has 0 fully saturated rings. The quantitative estimate of drug-likeness (QED) is 0.802. The predicted molar refractivity (Wildman–Crippen MR) is 54.6 cm³/mol. The number of anilines is 1. The molecular formula is C11H10FNO3. The zero-order valence-electron chi connectivity index (χ0n) is 8.37. The highest BCUT2D eigenvalue weighted by atomic mass is 19.1.